The molecule has 0 heterocycles. The lowest BCUT2D eigenvalue weighted by Gasteiger charge is -2.27. The molecule has 0 aliphatic carbocycles. The van der Waals surface area contributed by atoms with Crippen LogP contribution in [0, 0.1) is 0 Å². The topological polar surface area (TPSA) is 69.6 Å². The van der Waals surface area contributed by atoms with Crippen LogP contribution in [0.2, 0.25) is 0 Å². The summed E-state index contributed by atoms with van der Waals surface area (Å²) in [4.78, 5) is 24.1. The molecule has 0 aromatic heterocycles. The third-order valence-corrected chi connectivity index (χ3v) is 3.90. The van der Waals surface area contributed by atoms with E-state index in [1.165, 1.54) is 12.5 Å². The molecule has 0 fully saturated rings. The molecule has 5 nitrogen and oxygen atoms in total. The zero-order chi connectivity index (χ0) is 16.5. The predicted molar refractivity (Wildman–Crippen MR) is 86.8 cm³/mol. The van der Waals surface area contributed by atoms with Crippen molar-refractivity contribution in [3.05, 3.63) is 35.9 Å². The lowest BCUT2D eigenvalue weighted by molar-refractivity contribution is -0.142. The highest BCUT2D eigenvalue weighted by Gasteiger charge is 2.21. The van der Waals surface area contributed by atoms with Gasteiger partial charge in [0.15, 0.2) is 0 Å². The Hall–Kier alpha value is -1.88. The van der Waals surface area contributed by atoms with Gasteiger partial charge in [0.1, 0.15) is 6.04 Å². The maximum Gasteiger partial charge on any atom is 0.320 e. The number of nitrogens with zero attached hydrogens (tertiary/aromatic N) is 1. The van der Waals surface area contributed by atoms with Gasteiger partial charge < -0.3 is 10.4 Å². The van der Waals surface area contributed by atoms with E-state index in [0.717, 1.165) is 6.42 Å². The second-order valence-corrected chi connectivity index (χ2v) is 5.63. The van der Waals surface area contributed by atoms with Crippen molar-refractivity contribution in [2.24, 2.45) is 0 Å². The van der Waals surface area contributed by atoms with Gasteiger partial charge in [0.05, 0.1) is 0 Å². The fourth-order valence-corrected chi connectivity index (χ4v) is 2.34. The van der Waals surface area contributed by atoms with Gasteiger partial charge in [0, 0.05) is 20.0 Å². The quantitative estimate of drug-likeness (QED) is 0.733. The molecule has 1 rings (SSSR count). The Balaban J connectivity index is 2.56. The van der Waals surface area contributed by atoms with Crippen LogP contribution >= 0.6 is 0 Å². The minimum atomic E-state index is -0.838. The molecule has 122 valence electrons. The van der Waals surface area contributed by atoms with Gasteiger partial charge in [-0.15, -0.1) is 0 Å². The van der Waals surface area contributed by atoms with Crippen molar-refractivity contribution in [1.82, 2.24) is 10.2 Å². The van der Waals surface area contributed by atoms with E-state index in [0.29, 0.717) is 25.6 Å². The number of carbonyl (C=O) groups excluding carboxylic acids is 1. The van der Waals surface area contributed by atoms with E-state index in [1.807, 2.05) is 23.1 Å². The lowest BCUT2D eigenvalue weighted by atomic mass is 9.97. The van der Waals surface area contributed by atoms with Crippen LogP contribution in [0.4, 0.5) is 0 Å². The molecule has 22 heavy (non-hydrogen) atoms. The van der Waals surface area contributed by atoms with E-state index in [9.17, 15) is 14.7 Å². The van der Waals surface area contributed by atoms with Gasteiger partial charge in [-0.3, -0.25) is 14.5 Å². The highest BCUT2D eigenvalue weighted by molar-refractivity contribution is 5.73. The van der Waals surface area contributed by atoms with E-state index < -0.39 is 12.0 Å². The highest BCUT2D eigenvalue weighted by atomic mass is 16.4. The van der Waals surface area contributed by atoms with Crippen LogP contribution in [0.5, 0.6) is 0 Å². The summed E-state index contributed by atoms with van der Waals surface area (Å²) in [5.74, 6) is -0.568. The number of benzene rings is 1. The Kier molecular flexibility index (Phi) is 7.60. The van der Waals surface area contributed by atoms with E-state index in [-0.39, 0.29) is 5.91 Å². The number of nitrogens with one attached hydrogen (secondary N) is 1. The number of hydrogen-bond donors (Lipinski definition) is 2. The number of aliphatic carboxylic acids is 1. The number of carboxylic acid groups (broad SMARTS) is 1. The summed E-state index contributed by atoms with van der Waals surface area (Å²) in [6, 6.07) is 9.64. The molecule has 2 atom stereocenters. The Morgan fingerprint density at radius 2 is 1.82 bits per heavy atom. The SMILES string of the molecule is CC(=O)NCCN(CCC(C)c1ccccc1)C(C)C(=O)O. The van der Waals surface area contributed by atoms with Crippen molar-refractivity contribution >= 4 is 11.9 Å². The van der Waals surface area contributed by atoms with Gasteiger partial charge in [-0.2, -0.15) is 0 Å². The van der Waals surface area contributed by atoms with Crippen LogP contribution in [0.15, 0.2) is 30.3 Å². The molecule has 2 N–H and O–H groups in total. The molecule has 1 amide bonds. The average Bonchev–Trinajstić information content (AvgIpc) is 2.50. The summed E-state index contributed by atoms with van der Waals surface area (Å²) < 4.78 is 0. The molecule has 0 aliphatic heterocycles. The van der Waals surface area contributed by atoms with Crippen LogP contribution in [0.3, 0.4) is 0 Å². The van der Waals surface area contributed by atoms with Crippen molar-refractivity contribution in [3.63, 3.8) is 0 Å². The van der Waals surface area contributed by atoms with Gasteiger partial charge in [0.25, 0.3) is 0 Å². The molecule has 0 saturated carbocycles. The predicted octanol–water partition coefficient (Wildman–Crippen LogP) is 2.09. The number of carboxylic acids is 1. The normalized spacial score (nSPS) is 13.6. The van der Waals surface area contributed by atoms with Crippen LogP contribution in [0.25, 0.3) is 0 Å². The fraction of sp³-hybridized carbons (Fsp3) is 0.529. The molecular weight excluding hydrogens is 280 g/mol. The Morgan fingerprint density at radius 3 is 2.36 bits per heavy atom. The molecule has 0 bridgehead atoms. The first kappa shape index (κ1) is 18.2. The summed E-state index contributed by atoms with van der Waals surface area (Å²) in [5, 5.41) is 11.9. The minimum absolute atomic E-state index is 0.0967. The summed E-state index contributed by atoms with van der Waals surface area (Å²) in [7, 11) is 0. The van der Waals surface area contributed by atoms with E-state index in [2.05, 4.69) is 24.4 Å². The Bertz CT molecular complexity index is 476. The Morgan fingerprint density at radius 1 is 1.18 bits per heavy atom. The zero-order valence-corrected chi connectivity index (χ0v) is 13.6. The van der Waals surface area contributed by atoms with Gasteiger partial charge in [-0.1, -0.05) is 37.3 Å². The highest BCUT2D eigenvalue weighted by Crippen LogP contribution is 2.19. The fourth-order valence-electron chi connectivity index (χ4n) is 2.34. The maximum atomic E-state index is 11.2. The number of amides is 1. The van der Waals surface area contributed by atoms with Crippen molar-refractivity contribution in [3.8, 4) is 0 Å². The lowest BCUT2D eigenvalue weighted by Crippen LogP contribution is -2.44. The van der Waals surface area contributed by atoms with Crippen LogP contribution < -0.4 is 5.32 Å². The molecule has 1 aromatic carbocycles. The number of hydrogen-bond acceptors (Lipinski definition) is 3. The van der Waals surface area contributed by atoms with Crippen LogP contribution in [-0.2, 0) is 9.59 Å². The first-order valence-electron chi connectivity index (χ1n) is 7.68. The minimum Gasteiger partial charge on any atom is -0.480 e. The molecule has 0 spiro atoms. The second-order valence-electron chi connectivity index (χ2n) is 5.63. The molecular formula is C17H26N2O3. The third kappa shape index (κ3) is 6.26. The summed E-state index contributed by atoms with van der Waals surface area (Å²) in [6.45, 7) is 6.98. The van der Waals surface area contributed by atoms with Gasteiger partial charge in [-0.25, -0.2) is 0 Å². The number of carbonyl (C=O) groups is 2. The zero-order valence-electron chi connectivity index (χ0n) is 13.6. The van der Waals surface area contributed by atoms with E-state index >= 15 is 0 Å². The molecule has 0 aliphatic rings. The largest absolute Gasteiger partial charge is 0.480 e. The monoisotopic (exact) mass is 306 g/mol. The number of rotatable bonds is 9. The van der Waals surface area contributed by atoms with Gasteiger partial charge in [0.2, 0.25) is 5.91 Å². The van der Waals surface area contributed by atoms with Crippen molar-refractivity contribution in [2.45, 2.75) is 39.2 Å². The van der Waals surface area contributed by atoms with Crippen molar-refractivity contribution < 1.29 is 14.7 Å². The van der Waals surface area contributed by atoms with Crippen LogP contribution in [0.1, 0.15) is 38.7 Å². The molecule has 0 radical (unpaired) electrons. The van der Waals surface area contributed by atoms with E-state index in [4.69, 9.17) is 0 Å². The average molecular weight is 306 g/mol. The van der Waals surface area contributed by atoms with Gasteiger partial charge in [-0.05, 0) is 31.4 Å². The first-order chi connectivity index (χ1) is 10.4. The summed E-state index contributed by atoms with van der Waals surface area (Å²) in [5.41, 5.74) is 1.26. The van der Waals surface area contributed by atoms with Gasteiger partial charge >= 0.3 is 5.97 Å². The summed E-state index contributed by atoms with van der Waals surface area (Å²) in [6.07, 6.45) is 0.877. The summed E-state index contributed by atoms with van der Waals surface area (Å²) >= 11 is 0. The van der Waals surface area contributed by atoms with Crippen LogP contribution in [-0.4, -0.2) is 47.6 Å². The maximum absolute atomic E-state index is 11.2. The smallest absolute Gasteiger partial charge is 0.320 e. The second kappa shape index (κ2) is 9.20. The third-order valence-electron chi connectivity index (χ3n) is 3.90. The standard InChI is InChI=1S/C17H26N2O3/c1-13(16-7-5-4-6-8-16)9-11-19(14(2)17(21)22)12-10-18-15(3)20/h4-8,13-14H,9-12H2,1-3H3,(H,18,20)(H,21,22). The molecule has 0 saturated heterocycles. The Labute approximate surface area is 132 Å². The first-order valence-corrected chi connectivity index (χ1v) is 7.68. The molecule has 5 heteroatoms. The van der Waals surface area contributed by atoms with Crippen molar-refractivity contribution in [2.75, 3.05) is 19.6 Å². The van der Waals surface area contributed by atoms with Crippen molar-refractivity contribution in [1.29, 1.82) is 0 Å². The van der Waals surface area contributed by atoms with E-state index in [1.54, 1.807) is 6.92 Å². The molecule has 1 aromatic rings. The molecule has 2 unspecified atom stereocenters.